The summed E-state index contributed by atoms with van der Waals surface area (Å²) in [6, 6.07) is 10.8. The van der Waals surface area contributed by atoms with Crippen LogP contribution in [0.5, 0.6) is 0 Å². The van der Waals surface area contributed by atoms with E-state index in [0.29, 0.717) is 24.0 Å². The van der Waals surface area contributed by atoms with Gasteiger partial charge in [0.1, 0.15) is 5.82 Å². The molecule has 0 unspecified atom stereocenters. The first-order chi connectivity index (χ1) is 12.0. The van der Waals surface area contributed by atoms with Gasteiger partial charge in [-0.05, 0) is 37.9 Å². The zero-order valence-electron chi connectivity index (χ0n) is 14.2. The Labute approximate surface area is 145 Å². The lowest BCUT2D eigenvalue weighted by Gasteiger charge is -2.11. The van der Waals surface area contributed by atoms with Crippen LogP contribution in [0, 0.1) is 5.82 Å². The number of benzene rings is 2. The number of nitrogens with one attached hydrogen (secondary N) is 1. The van der Waals surface area contributed by atoms with Gasteiger partial charge in [0.15, 0.2) is 0 Å². The Morgan fingerprint density at radius 1 is 1.24 bits per heavy atom. The summed E-state index contributed by atoms with van der Waals surface area (Å²) >= 11 is 0. The van der Waals surface area contributed by atoms with Crippen molar-refractivity contribution < 1.29 is 9.18 Å². The highest BCUT2D eigenvalue weighted by Crippen LogP contribution is 2.28. The van der Waals surface area contributed by atoms with Gasteiger partial charge in [-0.15, -0.1) is 0 Å². The van der Waals surface area contributed by atoms with Crippen LogP contribution in [0.1, 0.15) is 21.6 Å². The van der Waals surface area contributed by atoms with Gasteiger partial charge < -0.3 is 10.2 Å². The minimum absolute atomic E-state index is 0.246. The van der Waals surface area contributed by atoms with E-state index < -0.39 is 5.82 Å². The van der Waals surface area contributed by atoms with E-state index in [2.05, 4.69) is 27.4 Å². The maximum absolute atomic E-state index is 13.9. The van der Waals surface area contributed by atoms with E-state index in [1.54, 1.807) is 0 Å². The zero-order chi connectivity index (χ0) is 17.6. The largest absolute Gasteiger partial charge is 0.352 e. The smallest absolute Gasteiger partial charge is 0.252 e. The maximum atomic E-state index is 13.9. The summed E-state index contributed by atoms with van der Waals surface area (Å²) in [5, 5.41) is 8.13. The molecule has 1 N–H and O–H groups in total. The summed E-state index contributed by atoms with van der Waals surface area (Å²) < 4.78 is 15.7. The Bertz CT molecular complexity index is 960. The zero-order valence-corrected chi connectivity index (χ0v) is 14.2. The second kappa shape index (κ2) is 5.97. The van der Waals surface area contributed by atoms with E-state index in [1.165, 1.54) is 17.7 Å². The number of hydrogen-bond acceptors (Lipinski definition) is 3. The molecule has 128 valence electrons. The standard InChI is InChI=1S/C19H19FN4O/c1-23(2)11-12-3-5-14(6-4-12)24-17-7-8-21-19(25)15-9-13(20)10-16(22-24)18(15)17/h3-6,9-10H,7-8,11H2,1-2H3,(H,21,25). The molecule has 3 aromatic rings. The number of carbonyl (C=O) groups is 1. The van der Waals surface area contributed by atoms with Crippen molar-refractivity contribution in [3.63, 3.8) is 0 Å². The van der Waals surface area contributed by atoms with Gasteiger partial charge in [0, 0.05) is 31.0 Å². The molecule has 1 amide bonds. The lowest BCUT2D eigenvalue weighted by Crippen LogP contribution is -2.24. The Kier molecular flexibility index (Phi) is 3.77. The number of nitrogens with zero attached hydrogens (tertiary/aromatic N) is 3. The number of hydrogen-bond donors (Lipinski definition) is 1. The molecule has 6 heteroatoms. The monoisotopic (exact) mass is 338 g/mol. The van der Waals surface area contributed by atoms with Crippen molar-refractivity contribution in [1.29, 1.82) is 0 Å². The summed E-state index contributed by atoms with van der Waals surface area (Å²) in [6.07, 6.45) is 0.653. The molecule has 1 aliphatic heterocycles. The van der Waals surface area contributed by atoms with Crippen molar-refractivity contribution >= 4 is 16.8 Å². The quantitative estimate of drug-likeness (QED) is 0.798. The fourth-order valence-corrected chi connectivity index (χ4v) is 3.37. The van der Waals surface area contributed by atoms with E-state index in [-0.39, 0.29) is 5.91 Å². The third-order valence-corrected chi connectivity index (χ3v) is 4.41. The fraction of sp³-hybridized carbons (Fsp3) is 0.263. The fourth-order valence-electron chi connectivity index (χ4n) is 3.37. The first kappa shape index (κ1) is 15.8. The topological polar surface area (TPSA) is 50.2 Å². The van der Waals surface area contributed by atoms with Gasteiger partial charge in [-0.25, -0.2) is 9.07 Å². The lowest BCUT2D eigenvalue weighted by atomic mass is 10.1. The van der Waals surface area contributed by atoms with E-state index in [0.717, 1.165) is 23.3 Å². The molecule has 0 saturated carbocycles. The lowest BCUT2D eigenvalue weighted by molar-refractivity contribution is 0.0956. The summed E-state index contributed by atoms with van der Waals surface area (Å²) in [4.78, 5) is 14.3. The highest BCUT2D eigenvalue weighted by atomic mass is 19.1. The van der Waals surface area contributed by atoms with E-state index in [4.69, 9.17) is 0 Å². The molecule has 1 aromatic heterocycles. The van der Waals surface area contributed by atoms with Crippen LogP contribution in [0.15, 0.2) is 36.4 Å². The van der Waals surface area contributed by atoms with Crippen molar-refractivity contribution in [3.8, 4) is 5.69 Å². The minimum atomic E-state index is -0.447. The third kappa shape index (κ3) is 2.78. The molecular weight excluding hydrogens is 319 g/mol. The summed E-state index contributed by atoms with van der Waals surface area (Å²) in [6.45, 7) is 1.37. The average Bonchev–Trinajstić information content (AvgIpc) is 2.83. The molecule has 5 nitrogen and oxygen atoms in total. The molecule has 0 radical (unpaired) electrons. The van der Waals surface area contributed by atoms with Gasteiger partial charge in [-0.3, -0.25) is 4.79 Å². The van der Waals surface area contributed by atoms with Crippen LogP contribution in [-0.4, -0.2) is 41.2 Å². The van der Waals surface area contributed by atoms with Gasteiger partial charge in [-0.2, -0.15) is 5.10 Å². The summed E-state index contributed by atoms with van der Waals surface area (Å²) in [7, 11) is 4.06. The van der Waals surface area contributed by atoms with E-state index in [9.17, 15) is 9.18 Å². The third-order valence-electron chi connectivity index (χ3n) is 4.41. The molecule has 2 aromatic carbocycles. The molecule has 1 aliphatic rings. The van der Waals surface area contributed by atoms with Gasteiger partial charge >= 0.3 is 0 Å². The highest BCUT2D eigenvalue weighted by molar-refractivity contribution is 6.08. The molecule has 2 heterocycles. The second-order valence-corrected chi connectivity index (χ2v) is 6.62. The Hall–Kier alpha value is -2.73. The number of halogens is 1. The van der Waals surface area contributed by atoms with Crippen LogP contribution in [0.4, 0.5) is 4.39 Å². The van der Waals surface area contributed by atoms with Crippen molar-refractivity contribution in [2.24, 2.45) is 0 Å². The summed E-state index contributed by atoms with van der Waals surface area (Å²) in [5.41, 5.74) is 3.93. The second-order valence-electron chi connectivity index (χ2n) is 6.62. The van der Waals surface area contributed by atoms with Gasteiger partial charge in [0.25, 0.3) is 5.91 Å². The maximum Gasteiger partial charge on any atom is 0.252 e. The molecule has 0 atom stereocenters. The van der Waals surface area contributed by atoms with Crippen LogP contribution in [0.2, 0.25) is 0 Å². The number of rotatable bonds is 3. The number of carbonyl (C=O) groups excluding carboxylic acids is 1. The van der Waals surface area contributed by atoms with Crippen molar-refractivity contribution in [2.75, 3.05) is 20.6 Å². The van der Waals surface area contributed by atoms with Gasteiger partial charge in [0.2, 0.25) is 0 Å². The van der Waals surface area contributed by atoms with E-state index in [1.807, 2.05) is 30.9 Å². The Morgan fingerprint density at radius 2 is 2.00 bits per heavy atom. The van der Waals surface area contributed by atoms with Crippen LogP contribution in [0.25, 0.3) is 16.6 Å². The number of aromatic nitrogens is 2. The Morgan fingerprint density at radius 3 is 2.72 bits per heavy atom. The number of amides is 1. The first-order valence-electron chi connectivity index (χ1n) is 8.26. The molecule has 4 rings (SSSR count). The van der Waals surface area contributed by atoms with Crippen LogP contribution in [-0.2, 0) is 13.0 Å². The van der Waals surface area contributed by atoms with Crippen LogP contribution >= 0.6 is 0 Å². The molecule has 0 aliphatic carbocycles. The van der Waals surface area contributed by atoms with Gasteiger partial charge in [0.05, 0.1) is 22.5 Å². The van der Waals surface area contributed by atoms with Crippen molar-refractivity contribution in [3.05, 3.63) is 59.0 Å². The van der Waals surface area contributed by atoms with Crippen molar-refractivity contribution in [2.45, 2.75) is 13.0 Å². The summed E-state index contributed by atoms with van der Waals surface area (Å²) in [5.74, 6) is -0.693. The molecule has 0 fully saturated rings. The van der Waals surface area contributed by atoms with Gasteiger partial charge in [-0.1, -0.05) is 12.1 Å². The van der Waals surface area contributed by atoms with Crippen LogP contribution < -0.4 is 5.32 Å². The predicted octanol–water partition coefficient (Wildman–Crippen LogP) is 2.51. The van der Waals surface area contributed by atoms with Crippen molar-refractivity contribution in [1.82, 2.24) is 20.0 Å². The molecule has 0 saturated heterocycles. The predicted molar refractivity (Wildman–Crippen MR) is 94.5 cm³/mol. The molecule has 25 heavy (non-hydrogen) atoms. The average molecular weight is 338 g/mol. The minimum Gasteiger partial charge on any atom is -0.352 e. The normalized spacial score (nSPS) is 14.0. The highest BCUT2D eigenvalue weighted by Gasteiger charge is 2.23. The SMILES string of the molecule is CN(C)Cc1ccc(-n2nc3cc(F)cc4c3c2CCNC4=O)cc1. The first-order valence-corrected chi connectivity index (χ1v) is 8.26. The molecular formula is C19H19FN4O. The molecule has 0 bridgehead atoms. The van der Waals surface area contributed by atoms with E-state index >= 15 is 0 Å². The van der Waals surface area contributed by atoms with Crippen LogP contribution in [0.3, 0.4) is 0 Å². The molecule has 0 spiro atoms. The Balaban J connectivity index is 1.86.